The van der Waals surface area contributed by atoms with Crippen LogP contribution in [0, 0.1) is 37.5 Å². The molecule has 2 aromatic rings. The van der Waals surface area contributed by atoms with Crippen molar-refractivity contribution in [2.24, 2.45) is 23.7 Å². The zero-order valence-electron chi connectivity index (χ0n) is 25.8. The Balaban J connectivity index is 1.34. The summed E-state index contributed by atoms with van der Waals surface area (Å²) >= 11 is 0. The number of ether oxygens (including phenoxy) is 2. The van der Waals surface area contributed by atoms with Gasteiger partial charge in [-0.3, -0.25) is 14.4 Å². The molecule has 3 fully saturated rings. The third-order valence-electron chi connectivity index (χ3n) is 10.3. The number of benzene rings is 2. The maximum atomic E-state index is 14.4. The fourth-order valence-corrected chi connectivity index (χ4v) is 7.64. The average molecular weight is 586 g/mol. The zero-order valence-corrected chi connectivity index (χ0v) is 25.8. The number of hydrogen-bond acceptors (Lipinski definition) is 5. The Morgan fingerprint density at radius 1 is 1.07 bits per heavy atom. The minimum atomic E-state index is -1.22. The van der Waals surface area contributed by atoms with E-state index in [0.29, 0.717) is 29.9 Å². The van der Waals surface area contributed by atoms with E-state index in [0.717, 1.165) is 36.0 Å². The summed E-state index contributed by atoms with van der Waals surface area (Å²) in [5.41, 5.74) is 2.46. The van der Waals surface area contributed by atoms with Crippen molar-refractivity contribution in [3.8, 4) is 5.75 Å². The van der Waals surface area contributed by atoms with Crippen LogP contribution in [0.2, 0.25) is 0 Å². The first-order chi connectivity index (χ1) is 20.6. The maximum absolute atomic E-state index is 14.4. The van der Waals surface area contributed by atoms with E-state index in [1.807, 2.05) is 75.4 Å². The molecule has 1 saturated carbocycles. The summed E-state index contributed by atoms with van der Waals surface area (Å²) in [6.45, 7) is 11.0. The number of para-hydroxylation sites is 1. The molecule has 1 spiro atoms. The van der Waals surface area contributed by atoms with Gasteiger partial charge in [0.1, 0.15) is 17.4 Å². The van der Waals surface area contributed by atoms with Crippen molar-refractivity contribution in [2.45, 2.75) is 84.2 Å². The van der Waals surface area contributed by atoms with Gasteiger partial charge in [-0.2, -0.15) is 0 Å². The van der Waals surface area contributed by atoms with Crippen molar-refractivity contribution in [3.63, 3.8) is 0 Å². The van der Waals surface area contributed by atoms with E-state index in [1.54, 1.807) is 4.90 Å². The molecule has 2 aromatic carbocycles. The molecule has 1 aliphatic carbocycles. The molecule has 4 aliphatic rings. The van der Waals surface area contributed by atoms with E-state index in [-0.39, 0.29) is 30.3 Å². The number of rotatable bonds is 8. The number of fused-ring (bicyclic) bond motifs is 1. The first kappa shape index (κ1) is 29.4. The highest BCUT2D eigenvalue weighted by Gasteiger charge is 2.72. The standard InChI is InChI=1S/C35H43N3O5/c1-6-42-27-13-8-7-11-24(27)19-38-31(33(40)37-26-12-9-10-21(3)23(26)5)35-17-16-28(43-35)29(30(35)34(38)41)32(39)36-25-15-14-20(2)22(4)18-25/h7-8,11,13-18,21,23,26,28-31H,6,9-10,12,19H2,1-5H3,(H,36,39)(H,37,40)/t21-,23-,26-,28+,29-,30+,31+,35+/m1/s1. The van der Waals surface area contributed by atoms with Gasteiger partial charge in [0.25, 0.3) is 0 Å². The van der Waals surface area contributed by atoms with Crippen molar-refractivity contribution in [1.82, 2.24) is 10.2 Å². The molecule has 2 N–H and O–H groups in total. The number of hydrogen-bond donors (Lipinski definition) is 2. The van der Waals surface area contributed by atoms with Crippen molar-refractivity contribution < 1.29 is 23.9 Å². The number of aryl methyl sites for hydroxylation is 2. The fraction of sp³-hybridized carbons (Fsp3) is 0.514. The Morgan fingerprint density at radius 2 is 1.86 bits per heavy atom. The number of nitrogens with zero attached hydrogens (tertiary/aromatic N) is 1. The lowest BCUT2D eigenvalue weighted by atomic mass is 9.73. The summed E-state index contributed by atoms with van der Waals surface area (Å²) < 4.78 is 12.4. The van der Waals surface area contributed by atoms with Crippen LogP contribution < -0.4 is 15.4 Å². The molecule has 0 aromatic heterocycles. The summed E-state index contributed by atoms with van der Waals surface area (Å²) in [4.78, 5) is 44.2. The van der Waals surface area contributed by atoms with Gasteiger partial charge < -0.3 is 25.0 Å². The second kappa shape index (κ2) is 11.5. The summed E-state index contributed by atoms with van der Waals surface area (Å²) in [7, 11) is 0. The molecule has 3 heterocycles. The lowest BCUT2D eigenvalue weighted by Crippen LogP contribution is -2.57. The van der Waals surface area contributed by atoms with Gasteiger partial charge in [0.05, 0.1) is 31.1 Å². The first-order valence-corrected chi connectivity index (χ1v) is 15.7. The molecular formula is C35H43N3O5. The van der Waals surface area contributed by atoms with Crippen LogP contribution in [0.25, 0.3) is 0 Å². The van der Waals surface area contributed by atoms with Crippen LogP contribution >= 0.6 is 0 Å². The van der Waals surface area contributed by atoms with Crippen LogP contribution in [0.3, 0.4) is 0 Å². The molecule has 43 heavy (non-hydrogen) atoms. The Kier molecular flexibility index (Phi) is 7.84. The first-order valence-electron chi connectivity index (χ1n) is 15.7. The third kappa shape index (κ3) is 5.03. The molecule has 6 rings (SSSR count). The van der Waals surface area contributed by atoms with E-state index in [9.17, 15) is 14.4 Å². The van der Waals surface area contributed by atoms with Gasteiger partial charge in [-0.25, -0.2) is 0 Å². The van der Waals surface area contributed by atoms with Gasteiger partial charge in [0.15, 0.2) is 0 Å². The topological polar surface area (TPSA) is 97.0 Å². The Hall–Kier alpha value is -3.65. The van der Waals surface area contributed by atoms with Crippen molar-refractivity contribution in [1.29, 1.82) is 0 Å². The molecule has 0 unspecified atom stereocenters. The Bertz CT molecular complexity index is 1450. The molecule has 0 radical (unpaired) electrons. The van der Waals surface area contributed by atoms with E-state index in [2.05, 4.69) is 24.5 Å². The monoisotopic (exact) mass is 585 g/mol. The average Bonchev–Trinajstić information content (AvgIpc) is 3.62. The minimum absolute atomic E-state index is 0.0193. The molecule has 8 heteroatoms. The predicted octanol–water partition coefficient (Wildman–Crippen LogP) is 4.93. The van der Waals surface area contributed by atoms with Gasteiger partial charge in [-0.15, -0.1) is 0 Å². The second-order valence-corrected chi connectivity index (χ2v) is 12.9. The fourth-order valence-electron chi connectivity index (χ4n) is 7.64. The van der Waals surface area contributed by atoms with Crippen molar-refractivity contribution >= 4 is 23.4 Å². The quantitative estimate of drug-likeness (QED) is 0.428. The Labute approximate surface area is 254 Å². The molecule has 8 nitrogen and oxygen atoms in total. The van der Waals surface area contributed by atoms with E-state index in [1.165, 1.54) is 0 Å². The summed E-state index contributed by atoms with van der Waals surface area (Å²) in [5.74, 6) is -0.819. The summed E-state index contributed by atoms with van der Waals surface area (Å²) in [5, 5.41) is 6.36. The summed E-state index contributed by atoms with van der Waals surface area (Å²) in [6.07, 6.45) is 6.25. The van der Waals surface area contributed by atoms with Crippen LogP contribution in [0.5, 0.6) is 5.75 Å². The number of anilines is 1. The predicted molar refractivity (Wildman–Crippen MR) is 164 cm³/mol. The Morgan fingerprint density at radius 3 is 2.63 bits per heavy atom. The number of carbonyl (C=O) groups is 3. The minimum Gasteiger partial charge on any atom is -0.494 e. The van der Waals surface area contributed by atoms with Gasteiger partial charge in [-0.1, -0.05) is 63.1 Å². The van der Waals surface area contributed by atoms with E-state index in [4.69, 9.17) is 9.47 Å². The van der Waals surface area contributed by atoms with Crippen LogP contribution in [-0.4, -0.2) is 53.0 Å². The molecule has 228 valence electrons. The van der Waals surface area contributed by atoms with Crippen molar-refractivity contribution in [2.75, 3.05) is 11.9 Å². The van der Waals surface area contributed by atoms with Gasteiger partial charge >= 0.3 is 0 Å². The third-order valence-corrected chi connectivity index (χ3v) is 10.3. The molecule has 2 bridgehead atoms. The largest absolute Gasteiger partial charge is 0.494 e. The van der Waals surface area contributed by atoms with Crippen LogP contribution in [0.1, 0.15) is 56.7 Å². The lowest BCUT2D eigenvalue weighted by Gasteiger charge is -2.38. The molecule has 3 aliphatic heterocycles. The van der Waals surface area contributed by atoms with Crippen LogP contribution in [0.15, 0.2) is 54.6 Å². The molecule has 3 amide bonds. The highest BCUT2D eigenvalue weighted by molar-refractivity contribution is 6.02. The van der Waals surface area contributed by atoms with Crippen LogP contribution in [-0.2, 0) is 25.7 Å². The number of nitrogens with one attached hydrogen (secondary N) is 2. The van der Waals surface area contributed by atoms with Gasteiger partial charge in [0, 0.05) is 17.3 Å². The molecule has 2 saturated heterocycles. The smallest absolute Gasteiger partial charge is 0.246 e. The number of likely N-dealkylation sites (tertiary alicyclic amines) is 1. The summed E-state index contributed by atoms with van der Waals surface area (Å²) in [6, 6.07) is 12.5. The lowest BCUT2D eigenvalue weighted by molar-refractivity contribution is -0.142. The highest BCUT2D eigenvalue weighted by atomic mass is 16.5. The normalized spacial score (nSPS) is 32.5. The SMILES string of the molecule is CCOc1ccccc1CN1C(=O)[C@@H]2[C@H](C(=O)Nc3ccc(C)c(C)c3)[C@@H]3C=C[C@@]2(O3)[C@@H]1C(=O)N[C@@H]1CCC[C@@H](C)[C@H]1C. The zero-order chi connectivity index (χ0) is 30.5. The number of amides is 3. The number of carbonyl (C=O) groups excluding carboxylic acids is 3. The van der Waals surface area contributed by atoms with Gasteiger partial charge in [0.2, 0.25) is 17.7 Å². The van der Waals surface area contributed by atoms with E-state index >= 15 is 0 Å². The maximum Gasteiger partial charge on any atom is 0.246 e. The highest BCUT2D eigenvalue weighted by Crippen LogP contribution is 2.55. The van der Waals surface area contributed by atoms with Crippen molar-refractivity contribution in [3.05, 3.63) is 71.3 Å². The van der Waals surface area contributed by atoms with Gasteiger partial charge in [-0.05, 0) is 68.4 Å². The molecular weight excluding hydrogens is 542 g/mol. The van der Waals surface area contributed by atoms with E-state index < -0.39 is 29.6 Å². The molecule has 8 atom stereocenters. The second-order valence-electron chi connectivity index (χ2n) is 12.9. The van der Waals surface area contributed by atoms with Crippen LogP contribution in [0.4, 0.5) is 5.69 Å².